The first-order chi connectivity index (χ1) is 22.9. The molecular weight excluding hydrogens is 593 g/mol. The number of anilines is 1. The molecule has 0 heterocycles. The molecule has 266 valence electrons. The molecule has 0 saturated carbocycles. The minimum Gasteiger partial charge on any atom is -0.362 e. The first-order valence-electron chi connectivity index (χ1n) is 18.6. The fourth-order valence-corrected chi connectivity index (χ4v) is 7.22. The van der Waals surface area contributed by atoms with Crippen molar-refractivity contribution in [3.8, 4) is 0 Å². The van der Waals surface area contributed by atoms with Gasteiger partial charge in [-0.1, -0.05) is 118 Å². The van der Waals surface area contributed by atoms with Crippen molar-refractivity contribution < 1.29 is 0 Å². The van der Waals surface area contributed by atoms with Gasteiger partial charge in [-0.2, -0.15) is 0 Å². The molecular formula is C47H68N2. The van der Waals surface area contributed by atoms with E-state index >= 15 is 0 Å². The predicted molar refractivity (Wildman–Crippen MR) is 218 cm³/mol. The molecule has 1 N–H and O–H groups in total. The molecule has 0 spiro atoms. The summed E-state index contributed by atoms with van der Waals surface area (Å²) in [5, 5.41) is 3.64. The molecule has 2 aliphatic carbocycles. The fourth-order valence-electron chi connectivity index (χ4n) is 7.22. The van der Waals surface area contributed by atoms with E-state index in [1.807, 2.05) is 18.2 Å². The molecule has 0 fully saturated rings. The van der Waals surface area contributed by atoms with Gasteiger partial charge >= 0.3 is 0 Å². The maximum Gasteiger partial charge on any atom is 0.0472 e. The zero-order valence-electron chi connectivity index (χ0n) is 32.7. The molecule has 2 nitrogen and oxygen atoms in total. The molecule has 0 radical (unpaired) electrons. The Kier molecular flexibility index (Phi) is 13.4. The second kappa shape index (κ2) is 16.5. The smallest absolute Gasteiger partial charge is 0.0472 e. The number of hydrogen-bond donors (Lipinski definition) is 1. The summed E-state index contributed by atoms with van der Waals surface area (Å²) < 4.78 is 0. The van der Waals surface area contributed by atoms with Crippen molar-refractivity contribution in [2.45, 2.75) is 125 Å². The van der Waals surface area contributed by atoms with E-state index in [2.05, 4.69) is 154 Å². The van der Waals surface area contributed by atoms with Crippen LogP contribution in [-0.4, -0.2) is 4.90 Å². The molecule has 0 saturated heterocycles. The van der Waals surface area contributed by atoms with Crippen LogP contribution in [0.15, 0.2) is 129 Å². The Bertz CT molecular complexity index is 1500. The molecule has 1 aromatic carbocycles. The summed E-state index contributed by atoms with van der Waals surface area (Å²) in [5.41, 5.74) is 9.19. The predicted octanol–water partition coefficient (Wildman–Crippen LogP) is 13.9. The lowest BCUT2D eigenvalue weighted by atomic mass is 9.63. The zero-order chi connectivity index (χ0) is 36.6. The lowest BCUT2D eigenvalue weighted by Gasteiger charge is -2.42. The summed E-state index contributed by atoms with van der Waals surface area (Å²) in [7, 11) is 0. The van der Waals surface area contributed by atoms with Gasteiger partial charge in [0, 0.05) is 34.9 Å². The Morgan fingerprint density at radius 3 is 2.02 bits per heavy atom. The minimum atomic E-state index is 0.129. The molecule has 1 aromatic rings. The van der Waals surface area contributed by atoms with Crippen LogP contribution in [0.25, 0.3) is 0 Å². The molecule has 0 aromatic heterocycles. The number of nitrogens with one attached hydrogen (secondary N) is 1. The average molecular weight is 661 g/mol. The second-order valence-electron chi connectivity index (χ2n) is 17.5. The third kappa shape index (κ3) is 10.5. The van der Waals surface area contributed by atoms with Crippen LogP contribution in [0.3, 0.4) is 0 Å². The summed E-state index contributed by atoms with van der Waals surface area (Å²) in [4.78, 5) is 2.37. The van der Waals surface area contributed by atoms with Crippen LogP contribution < -0.4 is 5.32 Å². The van der Waals surface area contributed by atoms with Crippen LogP contribution in [0.5, 0.6) is 0 Å². The monoisotopic (exact) mass is 661 g/mol. The maximum atomic E-state index is 4.73. The fraction of sp³-hybridized carbons (Fsp3) is 0.489. The van der Waals surface area contributed by atoms with E-state index in [1.165, 1.54) is 48.1 Å². The van der Waals surface area contributed by atoms with Crippen LogP contribution in [0.4, 0.5) is 5.69 Å². The molecule has 2 heteroatoms. The molecule has 49 heavy (non-hydrogen) atoms. The summed E-state index contributed by atoms with van der Waals surface area (Å²) in [5.74, 6) is 0.404. The van der Waals surface area contributed by atoms with Crippen LogP contribution in [-0.2, 0) is 10.8 Å². The SMILES string of the molecule is C=C/C=C(\C=C\Nc1ccc2c(c1)C(C)(C)CCC2(C)C)N(C(=C)CC(C)C=C)C1=C/CC(C)(C)CCC(C)(C)C/C=C\1C(C=C)CC=C. The second-order valence-corrected chi connectivity index (χ2v) is 17.5. The molecule has 0 bridgehead atoms. The van der Waals surface area contributed by atoms with Crippen molar-refractivity contribution in [3.05, 3.63) is 140 Å². The highest BCUT2D eigenvalue weighted by molar-refractivity contribution is 5.55. The van der Waals surface area contributed by atoms with Crippen LogP contribution in [0, 0.1) is 22.7 Å². The van der Waals surface area contributed by atoms with Crippen LogP contribution >= 0.6 is 0 Å². The van der Waals surface area contributed by atoms with Crippen LogP contribution in [0.1, 0.15) is 125 Å². The topological polar surface area (TPSA) is 15.3 Å². The quantitative estimate of drug-likeness (QED) is 0.158. The third-order valence-corrected chi connectivity index (χ3v) is 11.0. The molecule has 3 rings (SSSR count). The Morgan fingerprint density at radius 1 is 0.837 bits per heavy atom. The summed E-state index contributed by atoms with van der Waals surface area (Å²) >= 11 is 0. The van der Waals surface area contributed by atoms with Crippen LogP contribution in [0.2, 0.25) is 0 Å². The van der Waals surface area contributed by atoms with Crippen molar-refractivity contribution in [1.82, 2.24) is 4.90 Å². The lowest BCUT2D eigenvalue weighted by molar-refractivity contribution is 0.239. The first-order valence-corrected chi connectivity index (χ1v) is 18.6. The standard InChI is InChI=1S/C47H68N2/c1-15-19-37(18-4)40-23-26-44(7,8)28-29-45(9,10)27-24-43(40)49(36(6)33-35(5)17-3)39(20-16-2)25-32-48-38-21-22-41-42(34-38)47(13,14)31-30-46(41,11)12/h15-18,20-25,32,34-35,37,48H,1-4,6,19,26-31,33H2,5,7-14H3/b32-25+,39-20+,40-23-,43-24+. The largest absolute Gasteiger partial charge is 0.362 e. The zero-order valence-corrected chi connectivity index (χ0v) is 32.7. The molecule has 0 amide bonds. The molecule has 0 aliphatic heterocycles. The normalized spacial score (nSPS) is 23.3. The van der Waals surface area contributed by atoms with Gasteiger partial charge < -0.3 is 10.2 Å². The van der Waals surface area contributed by atoms with Gasteiger partial charge in [-0.05, 0) is 120 Å². The summed E-state index contributed by atoms with van der Waals surface area (Å²) in [6.45, 7) is 42.7. The summed E-state index contributed by atoms with van der Waals surface area (Å²) in [6.07, 6.45) is 27.6. The average Bonchev–Trinajstić information content (AvgIpc) is 3.03. The number of benzene rings is 1. The van der Waals surface area contributed by atoms with Gasteiger partial charge in [0.1, 0.15) is 0 Å². The van der Waals surface area contributed by atoms with Crippen molar-refractivity contribution >= 4 is 5.69 Å². The Hall–Kier alpha value is -3.52. The van der Waals surface area contributed by atoms with E-state index in [-0.39, 0.29) is 33.5 Å². The number of rotatable bonds is 14. The summed E-state index contributed by atoms with van der Waals surface area (Å²) in [6, 6.07) is 6.92. The Morgan fingerprint density at radius 2 is 1.45 bits per heavy atom. The van der Waals surface area contributed by atoms with Gasteiger partial charge in [0.15, 0.2) is 0 Å². The Labute approximate surface area is 301 Å². The first kappa shape index (κ1) is 39.9. The highest BCUT2D eigenvalue weighted by atomic mass is 15.2. The number of allylic oxidation sites excluding steroid dienone is 10. The van der Waals surface area contributed by atoms with Gasteiger partial charge in [-0.15, -0.1) is 19.7 Å². The van der Waals surface area contributed by atoms with Crippen molar-refractivity contribution in [1.29, 1.82) is 0 Å². The van der Waals surface area contributed by atoms with Gasteiger partial charge in [0.25, 0.3) is 0 Å². The number of hydrogen-bond acceptors (Lipinski definition) is 2. The molecule has 2 unspecified atom stereocenters. The van der Waals surface area contributed by atoms with E-state index in [1.54, 1.807) is 0 Å². The van der Waals surface area contributed by atoms with Crippen molar-refractivity contribution in [3.63, 3.8) is 0 Å². The maximum absolute atomic E-state index is 4.73. The van der Waals surface area contributed by atoms with E-state index in [0.717, 1.165) is 42.8 Å². The number of fused-ring (bicyclic) bond motifs is 1. The highest BCUT2D eigenvalue weighted by Crippen LogP contribution is 2.47. The van der Waals surface area contributed by atoms with Gasteiger partial charge in [-0.3, -0.25) is 0 Å². The molecule has 2 atom stereocenters. The molecule has 2 aliphatic rings. The minimum absolute atomic E-state index is 0.129. The highest BCUT2D eigenvalue weighted by Gasteiger charge is 2.37. The van der Waals surface area contributed by atoms with E-state index in [4.69, 9.17) is 6.58 Å². The third-order valence-electron chi connectivity index (χ3n) is 11.0. The Balaban J connectivity index is 2.19. The van der Waals surface area contributed by atoms with Gasteiger partial charge in [-0.25, -0.2) is 0 Å². The van der Waals surface area contributed by atoms with E-state index < -0.39 is 0 Å². The lowest BCUT2D eigenvalue weighted by Crippen LogP contribution is -2.33. The van der Waals surface area contributed by atoms with Crippen molar-refractivity contribution in [2.75, 3.05) is 5.32 Å². The van der Waals surface area contributed by atoms with E-state index in [0.29, 0.717) is 0 Å². The van der Waals surface area contributed by atoms with Crippen molar-refractivity contribution in [2.24, 2.45) is 22.7 Å². The van der Waals surface area contributed by atoms with Gasteiger partial charge in [0.2, 0.25) is 0 Å². The van der Waals surface area contributed by atoms with Gasteiger partial charge in [0.05, 0.1) is 0 Å². The van der Waals surface area contributed by atoms with E-state index in [9.17, 15) is 0 Å². The number of nitrogens with zero attached hydrogens (tertiary/aromatic N) is 1.